The molecule has 2 amide bonds. The third-order valence-corrected chi connectivity index (χ3v) is 3.40. The molecule has 5 nitrogen and oxygen atoms in total. The van der Waals surface area contributed by atoms with Crippen molar-refractivity contribution >= 4 is 23.6 Å². The number of carbonyl (C=O) groups is 2. The highest BCUT2D eigenvalue weighted by atomic mass is 32.2. The number of nitrogens with one attached hydrogen (secondary N) is 1. The van der Waals surface area contributed by atoms with Gasteiger partial charge in [-0.1, -0.05) is 6.92 Å². The Bertz CT molecular complexity index is 235. The van der Waals surface area contributed by atoms with Gasteiger partial charge in [-0.2, -0.15) is 11.8 Å². The van der Waals surface area contributed by atoms with Gasteiger partial charge in [0.25, 0.3) is 0 Å². The van der Waals surface area contributed by atoms with E-state index in [-0.39, 0.29) is 0 Å². The van der Waals surface area contributed by atoms with Crippen LogP contribution in [0.25, 0.3) is 0 Å². The fourth-order valence-corrected chi connectivity index (χ4v) is 2.31. The average Bonchev–Trinajstić information content (AvgIpc) is 2.40. The molecule has 0 spiro atoms. The molecule has 80 valence electrons. The minimum absolute atomic E-state index is 0.526. The van der Waals surface area contributed by atoms with Crippen molar-refractivity contribution in [1.29, 1.82) is 0 Å². The first-order chi connectivity index (χ1) is 6.65. The molecule has 0 aromatic heterocycles. The SMILES string of the molecule is CC1CCN(C(=O)C(=O)NN)CCS1. The van der Waals surface area contributed by atoms with Crippen molar-refractivity contribution < 1.29 is 9.59 Å². The molecular formula is C8H15N3O2S. The summed E-state index contributed by atoms with van der Waals surface area (Å²) < 4.78 is 0. The Morgan fingerprint density at radius 2 is 2.21 bits per heavy atom. The smallest absolute Gasteiger partial charge is 0.323 e. The standard InChI is InChI=1S/C8H15N3O2S/c1-6-2-3-11(4-5-14-6)8(13)7(12)10-9/h6H,2-5,9H2,1H3,(H,10,12). The zero-order valence-corrected chi connectivity index (χ0v) is 8.97. The van der Waals surface area contributed by atoms with Crippen molar-refractivity contribution in [3.63, 3.8) is 0 Å². The van der Waals surface area contributed by atoms with E-state index in [9.17, 15) is 9.59 Å². The van der Waals surface area contributed by atoms with Crippen LogP contribution < -0.4 is 11.3 Å². The quantitative estimate of drug-likeness (QED) is 0.244. The molecule has 1 atom stereocenters. The molecule has 0 radical (unpaired) electrons. The van der Waals surface area contributed by atoms with Gasteiger partial charge in [-0.15, -0.1) is 0 Å². The highest BCUT2D eigenvalue weighted by Gasteiger charge is 2.23. The van der Waals surface area contributed by atoms with Crippen LogP contribution in [0.1, 0.15) is 13.3 Å². The van der Waals surface area contributed by atoms with Crippen LogP contribution in [0.5, 0.6) is 0 Å². The van der Waals surface area contributed by atoms with Gasteiger partial charge in [-0.25, -0.2) is 5.84 Å². The van der Waals surface area contributed by atoms with Gasteiger partial charge in [0.1, 0.15) is 0 Å². The maximum Gasteiger partial charge on any atom is 0.323 e. The zero-order valence-electron chi connectivity index (χ0n) is 8.16. The molecule has 1 unspecified atom stereocenters. The van der Waals surface area contributed by atoms with E-state index >= 15 is 0 Å². The summed E-state index contributed by atoms with van der Waals surface area (Å²) in [6.45, 7) is 3.39. The van der Waals surface area contributed by atoms with Crippen LogP contribution in [0, 0.1) is 0 Å². The number of rotatable bonds is 0. The summed E-state index contributed by atoms with van der Waals surface area (Å²) in [5, 5.41) is 0.550. The van der Waals surface area contributed by atoms with Crippen LogP contribution in [0.2, 0.25) is 0 Å². The number of thioether (sulfide) groups is 1. The molecule has 1 aliphatic rings. The number of nitrogens with zero attached hydrogens (tertiary/aromatic N) is 1. The van der Waals surface area contributed by atoms with Crippen molar-refractivity contribution in [2.75, 3.05) is 18.8 Å². The van der Waals surface area contributed by atoms with E-state index in [0.717, 1.165) is 12.2 Å². The first-order valence-electron chi connectivity index (χ1n) is 4.56. The Labute approximate surface area is 87.4 Å². The normalized spacial score (nSPS) is 22.7. The molecule has 1 saturated heterocycles. The number of carbonyl (C=O) groups excluding carboxylic acids is 2. The summed E-state index contributed by atoms with van der Waals surface area (Å²) in [5.74, 6) is 4.52. The van der Waals surface area contributed by atoms with Crippen molar-refractivity contribution in [3.8, 4) is 0 Å². The largest absolute Gasteiger partial charge is 0.334 e. The van der Waals surface area contributed by atoms with Crippen LogP contribution >= 0.6 is 11.8 Å². The lowest BCUT2D eigenvalue weighted by atomic mass is 10.3. The van der Waals surface area contributed by atoms with E-state index in [2.05, 4.69) is 6.92 Å². The van der Waals surface area contributed by atoms with Crippen LogP contribution in [0.15, 0.2) is 0 Å². The van der Waals surface area contributed by atoms with Crippen molar-refractivity contribution in [3.05, 3.63) is 0 Å². The van der Waals surface area contributed by atoms with Gasteiger partial charge in [0.2, 0.25) is 0 Å². The molecule has 0 saturated carbocycles. The van der Waals surface area contributed by atoms with Crippen LogP contribution in [0.3, 0.4) is 0 Å². The average molecular weight is 217 g/mol. The van der Waals surface area contributed by atoms with Gasteiger partial charge >= 0.3 is 11.8 Å². The summed E-state index contributed by atoms with van der Waals surface area (Å²) in [6, 6.07) is 0. The Morgan fingerprint density at radius 1 is 1.50 bits per heavy atom. The Hall–Kier alpha value is -0.750. The van der Waals surface area contributed by atoms with Gasteiger partial charge in [0.05, 0.1) is 0 Å². The molecule has 1 rings (SSSR count). The molecule has 1 heterocycles. The molecule has 1 aliphatic heterocycles. The number of hydrogen-bond donors (Lipinski definition) is 2. The van der Waals surface area contributed by atoms with Gasteiger partial charge in [-0.05, 0) is 6.42 Å². The monoisotopic (exact) mass is 217 g/mol. The molecule has 0 aromatic carbocycles. The number of hydrogen-bond acceptors (Lipinski definition) is 4. The molecule has 6 heteroatoms. The summed E-state index contributed by atoms with van der Waals surface area (Å²) >= 11 is 1.82. The molecule has 3 N–H and O–H groups in total. The van der Waals surface area contributed by atoms with Crippen LogP contribution in [-0.2, 0) is 9.59 Å². The first kappa shape index (κ1) is 11.3. The third kappa shape index (κ3) is 2.88. The van der Waals surface area contributed by atoms with Crippen molar-refractivity contribution in [2.45, 2.75) is 18.6 Å². The van der Waals surface area contributed by atoms with Crippen LogP contribution in [-0.4, -0.2) is 40.8 Å². The highest BCUT2D eigenvalue weighted by Crippen LogP contribution is 2.18. The molecular weight excluding hydrogens is 202 g/mol. The number of nitrogens with two attached hydrogens (primary N) is 1. The maximum absolute atomic E-state index is 11.4. The fraction of sp³-hybridized carbons (Fsp3) is 0.750. The van der Waals surface area contributed by atoms with E-state index in [1.165, 1.54) is 0 Å². The van der Waals surface area contributed by atoms with Gasteiger partial charge in [-0.3, -0.25) is 15.0 Å². The predicted octanol–water partition coefficient (Wildman–Crippen LogP) is -0.670. The zero-order chi connectivity index (χ0) is 10.6. The second-order valence-electron chi connectivity index (χ2n) is 3.24. The Kier molecular flexibility index (Phi) is 4.21. The van der Waals surface area contributed by atoms with Crippen molar-refractivity contribution in [2.24, 2.45) is 5.84 Å². The van der Waals surface area contributed by atoms with E-state index in [1.807, 2.05) is 17.2 Å². The second-order valence-corrected chi connectivity index (χ2v) is 4.78. The van der Waals surface area contributed by atoms with Crippen molar-refractivity contribution in [1.82, 2.24) is 10.3 Å². The molecule has 0 aromatic rings. The minimum atomic E-state index is -0.732. The topological polar surface area (TPSA) is 75.4 Å². The molecule has 0 bridgehead atoms. The second kappa shape index (κ2) is 5.21. The van der Waals surface area contributed by atoms with Crippen LogP contribution in [0.4, 0.5) is 0 Å². The van der Waals surface area contributed by atoms with Gasteiger partial charge in [0.15, 0.2) is 0 Å². The number of hydrazine groups is 1. The lowest BCUT2D eigenvalue weighted by molar-refractivity contribution is -0.145. The van der Waals surface area contributed by atoms with Gasteiger partial charge in [0, 0.05) is 24.1 Å². The Morgan fingerprint density at radius 3 is 2.86 bits per heavy atom. The third-order valence-electron chi connectivity index (χ3n) is 2.18. The minimum Gasteiger partial charge on any atom is -0.334 e. The molecule has 14 heavy (non-hydrogen) atoms. The Balaban J connectivity index is 2.51. The van der Waals surface area contributed by atoms with E-state index in [1.54, 1.807) is 4.90 Å². The molecule has 1 fully saturated rings. The first-order valence-corrected chi connectivity index (χ1v) is 5.61. The summed E-state index contributed by atoms with van der Waals surface area (Å²) in [4.78, 5) is 23.9. The maximum atomic E-state index is 11.4. The van der Waals surface area contributed by atoms with E-state index in [4.69, 9.17) is 5.84 Å². The number of amides is 2. The highest BCUT2D eigenvalue weighted by molar-refractivity contribution is 7.99. The van der Waals surface area contributed by atoms with Gasteiger partial charge < -0.3 is 4.90 Å². The summed E-state index contributed by atoms with van der Waals surface area (Å²) in [6.07, 6.45) is 0.925. The summed E-state index contributed by atoms with van der Waals surface area (Å²) in [7, 11) is 0. The van der Waals surface area contributed by atoms with E-state index < -0.39 is 11.8 Å². The molecule has 0 aliphatic carbocycles. The predicted molar refractivity (Wildman–Crippen MR) is 55.4 cm³/mol. The van der Waals surface area contributed by atoms with E-state index in [0.29, 0.717) is 18.3 Å². The lowest BCUT2D eigenvalue weighted by Crippen LogP contribution is -2.46. The summed E-state index contributed by atoms with van der Waals surface area (Å²) in [5.41, 5.74) is 1.86. The lowest BCUT2D eigenvalue weighted by Gasteiger charge is -2.18. The fourth-order valence-electron chi connectivity index (χ4n) is 1.31.